The second-order valence-corrected chi connectivity index (χ2v) is 10.7. The molecule has 9 aromatic rings. The van der Waals surface area contributed by atoms with Crippen LogP contribution in [0.3, 0.4) is 0 Å². The van der Waals surface area contributed by atoms with E-state index >= 15 is 0 Å². The molecule has 0 bridgehead atoms. The Labute approximate surface area is 251 Å². The highest BCUT2D eigenvalue weighted by Crippen LogP contribution is 2.37. The van der Waals surface area contributed by atoms with Crippen LogP contribution < -0.4 is 0 Å². The van der Waals surface area contributed by atoms with Crippen LogP contribution in [0.2, 0.25) is 0 Å². The lowest BCUT2D eigenvalue weighted by molar-refractivity contribution is 0.620. The molecule has 44 heavy (non-hydrogen) atoms. The van der Waals surface area contributed by atoms with Crippen LogP contribution >= 0.6 is 0 Å². The number of aromatic nitrogens is 4. The summed E-state index contributed by atoms with van der Waals surface area (Å²) in [5.74, 6) is 2.28. The van der Waals surface area contributed by atoms with E-state index in [9.17, 15) is 0 Å². The number of furan rings is 1. The van der Waals surface area contributed by atoms with Crippen molar-refractivity contribution in [1.29, 1.82) is 0 Å². The van der Waals surface area contributed by atoms with E-state index in [2.05, 4.69) is 30.3 Å². The van der Waals surface area contributed by atoms with Gasteiger partial charge < -0.3 is 8.83 Å². The standard InChI is InChI=1S/C38H22N4O2/c1-2-10-24(11-3-1)35-40-36(42-37(41-35)29-14-8-16-32-34(29)28-13-6-7-15-31(28)43-32)26-19-20-30-33(22-26)44-38(39-30)27-18-17-23-9-4-5-12-25(23)21-27/h1-22H. The van der Waals surface area contributed by atoms with E-state index < -0.39 is 0 Å². The zero-order valence-corrected chi connectivity index (χ0v) is 23.3. The maximum absolute atomic E-state index is 6.30. The maximum atomic E-state index is 6.30. The molecule has 0 aliphatic carbocycles. The van der Waals surface area contributed by atoms with E-state index in [1.807, 2.05) is 103 Å². The summed E-state index contributed by atoms with van der Waals surface area (Å²) in [6.45, 7) is 0. The van der Waals surface area contributed by atoms with Gasteiger partial charge in [0.15, 0.2) is 23.1 Å². The highest BCUT2D eigenvalue weighted by molar-refractivity contribution is 6.11. The van der Waals surface area contributed by atoms with Crippen molar-refractivity contribution in [3.05, 3.63) is 133 Å². The molecule has 3 aromatic heterocycles. The fraction of sp³-hybridized carbons (Fsp3) is 0. The third-order valence-corrected chi connectivity index (χ3v) is 7.95. The van der Waals surface area contributed by atoms with E-state index in [4.69, 9.17) is 28.8 Å². The number of oxazole rings is 1. The quantitative estimate of drug-likeness (QED) is 0.211. The van der Waals surface area contributed by atoms with Crippen molar-refractivity contribution >= 4 is 43.8 Å². The average molecular weight is 567 g/mol. The molecule has 0 amide bonds. The second kappa shape index (κ2) is 9.71. The molecule has 0 spiro atoms. The van der Waals surface area contributed by atoms with E-state index in [1.165, 1.54) is 5.39 Å². The first kappa shape index (κ1) is 24.5. The fourth-order valence-electron chi connectivity index (χ4n) is 5.81. The SMILES string of the molecule is c1ccc(-c2nc(-c3ccc4nc(-c5ccc6ccccc6c5)oc4c3)nc(-c3cccc4oc5ccccc5c34)n2)cc1. The predicted octanol–water partition coefficient (Wildman–Crippen LogP) is 9.73. The van der Waals surface area contributed by atoms with Gasteiger partial charge in [-0.05, 0) is 53.2 Å². The van der Waals surface area contributed by atoms with Crippen LogP contribution in [-0.2, 0) is 0 Å². The first-order valence-corrected chi connectivity index (χ1v) is 14.4. The molecule has 0 unspecified atom stereocenters. The normalized spacial score (nSPS) is 11.6. The van der Waals surface area contributed by atoms with E-state index in [0.29, 0.717) is 28.9 Å². The van der Waals surface area contributed by atoms with Gasteiger partial charge in [0, 0.05) is 33.0 Å². The van der Waals surface area contributed by atoms with Crippen molar-refractivity contribution in [2.45, 2.75) is 0 Å². The average Bonchev–Trinajstić information content (AvgIpc) is 3.70. The zero-order chi connectivity index (χ0) is 29.0. The van der Waals surface area contributed by atoms with E-state index in [1.54, 1.807) is 0 Å². The second-order valence-electron chi connectivity index (χ2n) is 10.7. The summed E-state index contributed by atoms with van der Waals surface area (Å²) >= 11 is 0. The molecule has 0 atom stereocenters. The largest absolute Gasteiger partial charge is 0.456 e. The van der Waals surface area contributed by atoms with E-state index in [0.717, 1.165) is 55.1 Å². The van der Waals surface area contributed by atoms with Crippen LogP contribution in [0.1, 0.15) is 0 Å². The smallest absolute Gasteiger partial charge is 0.227 e. The molecule has 0 saturated carbocycles. The van der Waals surface area contributed by atoms with Crippen molar-refractivity contribution in [3.63, 3.8) is 0 Å². The number of nitrogens with zero attached hydrogens (tertiary/aromatic N) is 4. The van der Waals surface area contributed by atoms with Gasteiger partial charge in [-0.25, -0.2) is 19.9 Å². The summed E-state index contributed by atoms with van der Waals surface area (Å²) < 4.78 is 12.5. The lowest BCUT2D eigenvalue weighted by Gasteiger charge is -2.09. The van der Waals surface area contributed by atoms with Crippen LogP contribution in [0.4, 0.5) is 0 Å². The number of benzene rings is 6. The van der Waals surface area contributed by atoms with Gasteiger partial charge in [-0.15, -0.1) is 0 Å². The topological polar surface area (TPSA) is 77.8 Å². The molecule has 0 N–H and O–H groups in total. The molecule has 0 aliphatic rings. The fourth-order valence-corrected chi connectivity index (χ4v) is 5.81. The molecule has 0 aliphatic heterocycles. The van der Waals surface area contributed by atoms with Crippen molar-refractivity contribution < 1.29 is 8.83 Å². The van der Waals surface area contributed by atoms with Gasteiger partial charge in [-0.3, -0.25) is 0 Å². The summed E-state index contributed by atoms with van der Waals surface area (Å²) in [6, 6.07) is 44.4. The molecule has 206 valence electrons. The molecule has 0 saturated heterocycles. The van der Waals surface area contributed by atoms with Gasteiger partial charge in [0.1, 0.15) is 16.7 Å². The Morgan fingerprint density at radius 3 is 2.05 bits per heavy atom. The lowest BCUT2D eigenvalue weighted by Crippen LogP contribution is -2.00. The molecule has 0 radical (unpaired) electrons. The van der Waals surface area contributed by atoms with Gasteiger partial charge in [-0.2, -0.15) is 0 Å². The third kappa shape index (κ3) is 4.04. The summed E-state index contributed by atoms with van der Waals surface area (Å²) in [7, 11) is 0. The van der Waals surface area contributed by atoms with Crippen molar-refractivity contribution in [2.24, 2.45) is 0 Å². The third-order valence-electron chi connectivity index (χ3n) is 7.95. The Kier molecular flexibility index (Phi) is 5.40. The van der Waals surface area contributed by atoms with Gasteiger partial charge in [0.05, 0.1) is 0 Å². The first-order valence-electron chi connectivity index (χ1n) is 14.4. The van der Waals surface area contributed by atoms with Crippen molar-refractivity contribution in [1.82, 2.24) is 19.9 Å². The van der Waals surface area contributed by atoms with E-state index in [-0.39, 0.29) is 0 Å². The summed E-state index contributed by atoms with van der Waals surface area (Å²) in [4.78, 5) is 19.7. The van der Waals surface area contributed by atoms with Gasteiger partial charge in [0.2, 0.25) is 5.89 Å². The Morgan fingerprint density at radius 2 is 1.14 bits per heavy atom. The zero-order valence-electron chi connectivity index (χ0n) is 23.3. The van der Waals surface area contributed by atoms with Gasteiger partial charge >= 0.3 is 0 Å². The Hall–Kier alpha value is -6.14. The monoisotopic (exact) mass is 566 g/mol. The molecule has 6 aromatic carbocycles. The van der Waals surface area contributed by atoms with Crippen LogP contribution in [0, 0.1) is 0 Å². The van der Waals surface area contributed by atoms with Crippen LogP contribution in [0.5, 0.6) is 0 Å². The minimum Gasteiger partial charge on any atom is -0.456 e. The number of fused-ring (bicyclic) bond motifs is 5. The Morgan fingerprint density at radius 1 is 0.409 bits per heavy atom. The first-order chi connectivity index (χ1) is 21.8. The highest BCUT2D eigenvalue weighted by Gasteiger charge is 2.18. The molecular weight excluding hydrogens is 544 g/mol. The Balaban J connectivity index is 1.21. The summed E-state index contributed by atoms with van der Waals surface area (Å²) in [6.07, 6.45) is 0. The minimum absolute atomic E-state index is 0.546. The minimum atomic E-state index is 0.546. The van der Waals surface area contributed by atoms with Gasteiger partial charge in [0.25, 0.3) is 0 Å². The Bertz CT molecular complexity index is 2510. The molecule has 3 heterocycles. The number of rotatable bonds is 4. The molecular formula is C38H22N4O2. The number of hydrogen-bond donors (Lipinski definition) is 0. The number of para-hydroxylation sites is 1. The molecule has 6 nitrogen and oxygen atoms in total. The van der Waals surface area contributed by atoms with Crippen LogP contribution in [-0.4, -0.2) is 19.9 Å². The summed E-state index contributed by atoms with van der Waals surface area (Å²) in [5, 5.41) is 4.31. The van der Waals surface area contributed by atoms with Crippen molar-refractivity contribution in [2.75, 3.05) is 0 Å². The predicted molar refractivity (Wildman–Crippen MR) is 174 cm³/mol. The maximum Gasteiger partial charge on any atom is 0.227 e. The number of hydrogen-bond acceptors (Lipinski definition) is 6. The van der Waals surface area contributed by atoms with Gasteiger partial charge in [-0.1, -0.05) is 91.0 Å². The molecule has 0 fully saturated rings. The van der Waals surface area contributed by atoms with Crippen molar-refractivity contribution in [3.8, 4) is 45.6 Å². The lowest BCUT2D eigenvalue weighted by atomic mass is 10.1. The van der Waals surface area contributed by atoms with Crippen LogP contribution in [0.15, 0.2) is 142 Å². The molecule has 9 rings (SSSR count). The van der Waals surface area contributed by atoms with Crippen LogP contribution in [0.25, 0.3) is 89.4 Å². The molecule has 6 heteroatoms. The summed E-state index contributed by atoms with van der Waals surface area (Å²) in [5.41, 5.74) is 6.57. The highest BCUT2D eigenvalue weighted by atomic mass is 16.3.